The number of aromatic nitrogens is 1. The fraction of sp³-hybridized carbons (Fsp3) is 0.333. The summed E-state index contributed by atoms with van der Waals surface area (Å²) in [4.78, 5) is 45.1. The van der Waals surface area contributed by atoms with E-state index in [1.54, 1.807) is 43.6 Å². The number of carbonyl (C=O) groups excluding carboxylic acids is 3. The molecule has 2 N–H and O–H groups in total. The van der Waals surface area contributed by atoms with Crippen LogP contribution in [0.25, 0.3) is 0 Å². The molecule has 184 valence electrons. The van der Waals surface area contributed by atoms with Gasteiger partial charge in [0.25, 0.3) is 0 Å². The van der Waals surface area contributed by atoms with Gasteiger partial charge in [-0.25, -0.2) is 4.79 Å². The molecule has 1 aliphatic rings. The Morgan fingerprint density at radius 1 is 1.11 bits per heavy atom. The predicted molar refractivity (Wildman–Crippen MR) is 131 cm³/mol. The lowest BCUT2D eigenvalue weighted by atomic mass is 9.83. The van der Waals surface area contributed by atoms with E-state index in [9.17, 15) is 19.5 Å². The average Bonchev–Trinajstić information content (AvgIpc) is 2.88. The average molecular weight is 478 g/mol. The number of nitrogens with zero attached hydrogens (tertiary/aromatic N) is 2. The Kier molecular flexibility index (Phi) is 8.78. The van der Waals surface area contributed by atoms with Crippen LogP contribution in [0.5, 0.6) is 0 Å². The van der Waals surface area contributed by atoms with E-state index in [1.165, 1.54) is 11.0 Å². The maximum absolute atomic E-state index is 13.9. The Hall–Kier alpha value is -3.94. The monoisotopic (exact) mass is 477 g/mol. The molecule has 2 atom stereocenters. The van der Waals surface area contributed by atoms with Crippen molar-refractivity contribution in [1.82, 2.24) is 15.2 Å². The van der Waals surface area contributed by atoms with E-state index < -0.39 is 35.1 Å². The van der Waals surface area contributed by atoms with Gasteiger partial charge in [-0.3, -0.25) is 14.6 Å². The van der Waals surface area contributed by atoms with Gasteiger partial charge in [-0.05, 0) is 42.2 Å². The largest absolute Gasteiger partial charge is 0.504 e. The highest BCUT2D eigenvalue weighted by Gasteiger charge is 2.46. The number of Topliss-reactive ketones (excluding diaryl/α,β-unsaturated/α-hetero) is 1. The molecule has 1 aromatic heterocycles. The van der Waals surface area contributed by atoms with Crippen LogP contribution in [0.4, 0.5) is 4.79 Å². The number of aliphatic hydroxyl groups is 1. The third-order valence-corrected chi connectivity index (χ3v) is 5.98. The van der Waals surface area contributed by atoms with E-state index in [0.717, 1.165) is 11.1 Å². The summed E-state index contributed by atoms with van der Waals surface area (Å²) in [6, 6.07) is 11.8. The van der Waals surface area contributed by atoms with Crippen molar-refractivity contribution >= 4 is 17.8 Å². The van der Waals surface area contributed by atoms with Crippen molar-refractivity contribution in [2.24, 2.45) is 0 Å². The molecule has 0 fully saturated rings. The molecule has 0 bridgehead atoms. The molecule has 2 unspecified atom stereocenters. The van der Waals surface area contributed by atoms with Gasteiger partial charge in [0, 0.05) is 25.4 Å². The zero-order chi connectivity index (χ0) is 25.3. The second kappa shape index (κ2) is 12.0. The molecule has 35 heavy (non-hydrogen) atoms. The van der Waals surface area contributed by atoms with Crippen molar-refractivity contribution in [1.29, 1.82) is 0 Å². The topological polar surface area (TPSA) is 109 Å². The number of hydrogen-bond donors (Lipinski definition) is 2. The minimum atomic E-state index is -1.33. The first-order chi connectivity index (χ1) is 16.9. The Balaban J connectivity index is 1.87. The van der Waals surface area contributed by atoms with Crippen molar-refractivity contribution < 1.29 is 24.2 Å². The molecule has 8 heteroatoms. The number of allylic oxidation sites excluding steroid dienone is 2. The van der Waals surface area contributed by atoms with Gasteiger partial charge in [-0.1, -0.05) is 56.3 Å². The minimum absolute atomic E-state index is 0.0259. The van der Waals surface area contributed by atoms with Crippen LogP contribution in [-0.4, -0.2) is 50.9 Å². The Labute approximate surface area is 205 Å². The zero-order valence-electron chi connectivity index (χ0n) is 20.0. The number of benzene rings is 1. The number of ether oxygens (including phenoxy) is 1. The highest BCUT2D eigenvalue weighted by atomic mass is 16.5. The van der Waals surface area contributed by atoms with Gasteiger partial charge in [0.2, 0.25) is 11.7 Å². The fourth-order valence-corrected chi connectivity index (χ4v) is 4.13. The van der Waals surface area contributed by atoms with Crippen LogP contribution in [0.2, 0.25) is 0 Å². The third kappa shape index (κ3) is 6.15. The molecule has 0 spiro atoms. The number of alkyl carbamates (subject to hydrolysis) is 1. The number of nitrogens with one attached hydrogen (secondary N) is 1. The molecule has 3 rings (SSSR count). The number of hydrogen-bond acceptors (Lipinski definition) is 6. The van der Waals surface area contributed by atoms with E-state index >= 15 is 0 Å². The van der Waals surface area contributed by atoms with Gasteiger partial charge in [-0.2, -0.15) is 0 Å². The standard InChI is InChI=1S/C27H31N3O5/c1-3-17-30(27(4-2)14-8-11-23(31)24(27)32)25(33)22(18-20-9-6-5-7-10-20)29-26(34)35-19-21-12-15-28-16-13-21/h5-16,22,31H,3-4,17-19H2,1-2H3,(H,29,34). The summed E-state index contributed by atoms with van der Waals surface area (Å²) in [5.41, 5.74) is 0.276. The number of aliphatic hydroxyl groups excluding tert-OH is 1. The maximum Gasteiger partial charge on any atom is 0.408 e. The molecule has 2 amide bonds. The molecular formula is C27H31N3O5. The fourth-order valence-electron chi connectivity index (χ4n) is 4.13. The molecule has 0 aliphatic heterocycles. The van der Waals surface area contributed by atoms with Crippen LogP contribution < -0.4 is 5.32 Å². The van der Waals surface area contributed by atoms with Gasteiger partial charge in [0.1, 0.15) is 18.2 Å². The lowest BCUT2D eigenvalue weighted by Crippen LogP contribution is -2.61. The molecule has 1 aromatic carbocycles. The highest BCUT2D eigenvalue weighted by molar-refractivity contribution is 6.06. The van der Waals surface area contributed by atoms with Crippen LogP contribution in [0.3, 0.4) is 0 Å². The first-order valence-corrected chi connectivity index (χ1v) is 11.7. The van der Waals surface area contributed by atoms with Crippen molar-refractivity contribution in [3.8, 4) is 0 Å². The van der Waals surface area contributed by atoms with Crippen molar-refractivity contribution in [3.63, 3.8) is 0 Å². The third-order valence-electron chi connectivity index (χ3n) is 5.98. The molecule has 1 heterocycles. The first-order valence-electron chi connectivity index (χ1n) is 11.7. The van der Waals surface area contributed by atoms with Crippen LogP contribution in [0, 0.1) is 0 Å². The Bertz CT molecular complexity index is 1080. The number of rotatable bonds is 10. The maximum atomic E-state index is 13.9. The SMILES string of the molecule is CCCN(C(=O)C(Cc1ccccc1)NC(=O)OCc1ccncc1)C1(CC)C=CC=C(O)C1=O. The van der Waals surface area contributed by atoms with Gasteiger partial charge in [0.15, 0.2) is 5.76 Å². The van der Waals surface area contributed by atoms with Crippen molar-refractivity contribution in [2.75, 3.05) is 6.54 Å². The Morgan fingerprint density at radius 2 is 1.83 bits per heavy atom. The quantitative estimate of drug-likeness (QED) is 0.537. The van der Waals surface area contributed by atoms with Crippen LogP contribution in [0.15, 0.2) is 78.8 Å². The summed E-state index contributed by atoms with van der Waals surface area (Å²) < 4.78 is 5.34. The first kappa shape index (κ1) is 25.7. The number of carbonyl (C=O) groups is 3. The minimum Gasteiger partial charge on any atom is -0.504 e. The molecular weight excluding hydrogens is 446 g/mol. The normalized spacial score (nSPS) is 17.9. The molecule has 0 saturated heterocycles. The molecule has 2 aromatic rings. The summed E-state index contributed by atoms with van der Waals surface area (Å²) in [5, 5.41) is 12.9. The lowest BCUT2D eigenvalue weighted by molar-refractivity contribution is -0.145. The second-order valence-corrected chi connectivity index (χ2v) is 8.33. The van der Waals surface area contributed by atoms with Crippen LogP contribution in [-0.2, 0) is 27.4 Å². The van der Waals surface area contributed by atoms with E-state index in [1.807, 2.05) is 37.3 Å². The van der Waals surface area contributed by atoms with Gasteiger partial charge < -0.3 is 20.1 Å². The predicted octanol–water partition coefficient (Wildman–Crippen LogP) is 3.89. The second-order valence-electron chi connectivity index (χ2n) is 8.33. The van der Waals surface area contributed by atoms with Crippen molar-refractivity contribution in [2.45, 2.75) is 51.3 Å². The van der Waals surface area contributed by atoms with Gasteiger partial charge in [-0.15, -0.1) is 0 Å². The summed E-state index contributed by atoms with van der Waals surface area (Å²) in [6.45, 7) is 3.99. The Morgan fingerprint density at radius 3 is 2.49 bits per heavy atom. The van der Waals surface area contributed by atoms with E-state index in [-0.39, 0.29) is 26.0 Å². The summed E-state index contributed by atoms with van der Waals surface area (Å²) in [7, 11) is 0. The number of ketones is 1. The van der Waals surface area contributed by atoms with Crippen LogP contribution >= 0.6 is 0 Å². The van der Waals surface area contributed by atoms with Gasteiger partial charge >= 0.3 is 6.09 Å². The van der Waals surface area contributed by atoms with E-state index in [2.05, 4.69) is 10.3 Å². The van der Waals surface area contributed by atoms with E-state index in [0.29, 0.717) is 6.42 Å². The smallest absolute Gasteiger partial charge is 0.408 e. The van der Waals surface area contributed by atoms with Crippen molar-refractivity contribution in [3.05, 3.63) is 90.0 Å². The molecule has 0 saturated carbocycles. The lowest BCUT2D eigenvalue weighted by Gasteiger charge is -2.42. The van der Waals surface area contributed by atoms with Gasteiger partial charge in [0.05, 0.1) is 0 Å². The zero-order valence-corrected chi connectivity index (χ0v) is 20.0. The molecule has 8 nitrogen and oxygen atoms in total. The number of amides is 2. The van der Waals surface area contributed by atoms with Crippen LogP contribution in [0.1, 0.15) is 37.8 Å². The highest BCUT2D eigenvalue weighted by Crippen LogP contribution is 2.30. The summed E-state index contributed by atoms with van der Waals surface area (Å²) >= 11 is 0. The molecule has 0 radical (unpaired) electrons. The number of pyridine rings is 1. The summed E-state index contributed by atoms with van der Waals surface area (Å²) in [5.74, 6) is -1.36. The molecule has 1 aliphatic carbocycles. The van der Waals surface area contributed by atoms with E-state index in [4.69, 9.17) is 4.74 Å². The summed E-state index contributed by atoms with van der Waals surface area (Å²) in [6.07, 6.45) is 8.08.